The van der Waals surface area contributed by atoms with Crippen molar-refractivity contribution in [3.05, 3.63) is 88.2 Å². The first kappa shape index (κ1) is 17.9. The van der Waals surface area contributed by atoms with E-state index in [4.69, 9.17) is 4.74 Å². The zero-order chi connectivity index (χ0) is 18.5. The summed E-state index contributed by atoms with van der Waals surface area (Å²) in [6.45, 7) is 0. The molecule has 0 bridgehead atoms. The first-order valence-electron chi connectivity index (χ1n) is 7.87. The van der Waals surface area contributed by atoms with E-state index in [1.807, 2.05) is 24.3 Å². The molecule has 0 amide bonds. The van der Waals surface area contributed by atoms with Gasteiger partial charge in [-0.3, -0.25) is 10.1 Å². The first-order valence-corrected chi connectivity index (χ1v) is 8.85. The molecule has 6 heteroatoms. The second kappa shape index (κ2) is 8.01. The predicted molar refractivity (Wildman–Crippen MR) is 101 cm³/mol. The van der Waals surface area contributed by atoms with Crippen LogP contribution in [0.15, 0.2) is 71.6 Å². The van der Waals surface area contributed by atoms with E-state index in [1.54, 1.807) is 37.1 Å². The number of nitrogens with zero attached hydrogens (tertiary/aromatic N) is 1. The van der Waals surface area contributed by atoms with Gasteiger partial charge in [0.05, 0.1) is 12.0 Å². The molecular formula is C20H16FNO3S. The lowest BCUT2D eigenvalue weighted by molar-refractivity contribution is -0.384. The molecule has 0 radical (unpaired) electrons. The molecule has 0 unspecified atom stereocenters. The average Bonchev–Trinajstić information content (AvgIpc) is 2.67. The smallest absolute Gasteiger partial charge is 0.270 e. The Morgan fingerprint density at radius 3 is 2.54 bits per heavy atom. The molecule has 0 saturated carbocycles. The second-order valence-electron chi connectivity index (χ2n) is 5.58. The lowest BCUT2D eigenvalue weighted by atomic mass is 10.0. The Morgan fingerprint density at radius 2 is 1.85 bits per heavy atom. The highest BCUT2D eigenvalue weighted by Gasteiger charge is 2.12. The molecule has 132 valence electrons. The first-order chi connectivity index (χ1) is 12.6. The number of thioether (sulfide) groups is 1. The highest BCUT2D eigenvalue weighted by Crippen LogP contribution is 2.34. The summed E-state index contributed by atoms with van der Waals surface area (Å²) in [5.41, 5.74) is 2.61. The van der Waals surface area contributed by atoms with Gasteiger partial charge in [0.1, 0.15) is 11.6 Å². The molecule has 4 nitrogen and oxygen atoms in total. The van der Waals surface area contributed by atoms with E-state index in [9.17, 15) is 14.5 Å². The van der Waals surface area contributed by atoms with Gasteiger partial charge < -0.3 is 4.74 Å². The van der Waals surface area contributed by atoms with Crippen LogP contribution in [-0.2, 0) is 5.75 Å². The Bertz CT molecular complexity index is 929. The molecule has 0 atom stereocenters. The molecule has 3 aromatic carbocycles. The van der Waals surface area contributed by atoms with Crippen LogP contribution in [0, 0.1) is 15.9 Å². The van der Waals surface area contributed by atoms with E-state index in [2.05, 4.69) is 0 Å². The monoisotopic (exact) mass is 369 g/mol. The van der Waals surface area contributed by atoms with E-state index < -0.39 is 4.92 Å². The van der Waals surface area contributed by atoms with Gasteiger partial charge >= 0.3 is 0 Å². The van der Waals surface area contributed by atoms with E-state index >= 15 is 0 Å². The Hall–Kier alpha value is -2.86. The summed E-state index contributed by atoms with van der Waals surface area (Å²) >= 11 is 1.59. The summed E-state index contributed by atoms with van der Waals surface area (Å²) in [6, 6.07) is 18.6. The molecule has 0 fully saturated rings. The fourth-order valence-electron chi connectivity index (χ4n) is 2.56. The topological polar surface area (TPSA) is 52.4 Å². The number of non-ortho nitro benzene ring substituents is 1. The van der Waals surface area contributed by atoms with Crippen molar-refractivity contribution in [2.45, 2.75) is 10.6 Å². The number of nitro benzene ring substituents is 1. The molecule has 3 rings (SSSR count). The van der Waals surface area contributed by atoms with Crippen LogP contribution in [0.3, 0.4) is 0 Å². The van der Waals surface area contributed by atoms with E-state index in [-0.39, 0.29) is 11.5 Å². The lowest BCUT2D eigenvalue weighted by Crippen LogP contribution is -1.92. The van der Waals surface area contributed by atoms with Crippen LogP contribution in [0.4, 0.5) is 10.1 Å². The number of hydrogen-bond acceptors (Lipinski definition) is 4. The summed E-state index contributed by atoms with van der Waals surface area (Å²) in [7, 11) is 1.57. The van der Waals surface area contributed by atoms with Gasteiger partial charge in [-0.2, -0.15) is 0 Å². The number of benzene rings is 3. The number of methoxy groups -OCH3 is 1. The normalized spacial score (nSPS) is 10.5. The molecule has 26 heavy (non-hydrogen) atoms. The summed E-state index contributed by atoms with van der Waals surface area (Å²) in [4.78, 5) is 11.6. The Labute approximate surface area is 154 Å². The molecule has 0 aliphatic rings. The third-order valence-electron chi connectivity index (χ3n) is 3.85. The zero-order valence-electron chi connectivity index (χ0n) is 14.0. The molecule has 0 heterocycles. The van der Waals surface area contributed by atoms with Crippen LogP contribution in [0.25, 0.3) is 11.1 Å². The fraction of sp³-hybridized carbons (Fsp3) is 0.100. The molecule has 0 aliphatic carbocycles. The maximum atomic E-state index is 13.0. The van der Waals surface area contributed by atoms with Gasteiger partial charge in [0.25, 0.3) is 5.69 Å². The van der Waals surface area contributed by atoms with Crippen molar-refractivity contribution in [1.82, 2.24) is 0 Å². The number of nitro groups is 1. The molecule has 0 saturated heterocycles. The number of hydrogen-bond donors (Lipinski definition) is 0. The average molecular weight is 369 g/mol. The van der Waals surface area contributed by atoms with Crippen molar-refractivity contribution in [3.63, 3.8) is 0 Å². The van der Waals surface area contributed by atoms with Crippen molar-refractivity contribution in [3.8, 4) is 16.9 Å². The van der Waals surface area contributed by atoms with Crippen LogP contribution < -0.4 is 4.74 Å². The third kappa shape index (κ3) is 4.21. The maximum Gasteiger partial charge on any atom is 0.270 e. The molecule has 0 spiro atoms. The van der Waals surface area contributed by atoms with Gasteiger partial charge in [-0.25, -0.2) is 4.39 Å². The van der Waals surface area contributed by atoms with Crippen molar-refractivity contribution in [1.29, 1.82) is 0 Å². The largest absolute Gasteiger partial charge is 0.496 e. The van der Waals surface area contributed by atoms with E-state index in [1.165, 1.54) is 24.3 Å². The summed E-state index contributed by atoms with van der Waals surface area (Å²) in [5, 5.41) is 11.0. The summed E-state index contributed by atoms with van der Waals surface area (Å²) < 4.78 is 18.4. The minimum absolute atomic E-state index is 0.0376. The van der Waals surface area contributed by atoms with Gasteiger partial charge in [-0.05, 0) is 47.5 Å². The van der Waals surface area contributed by atoms with Crippen molar-refractivity contribution in [2.24, 2.45) is 0 Å². The van der Waals surface area contributed by atoms with Crippen LogP contribution in [0.5, 0.6) is 5.75 Å². The third-order valence-corrected chi connectivity index (χ3v) is 4.93. The molecule has 0 aromatic heterocycles. The lowest BCUT2D eigenvalue weighted by Gasteiger charge is -2.11. The van der Waals surface area contributed by atoms with Gasteiger partial charge in [0.2, 0.25) is 0 Å². The van der Waals surface area contributed by atoms with Crippen molar-refractivity contribution in [2.75, 3.05) is 7.11 Å². The second-order valence-corrected chi connectivity index (χ2v) is 6.63. The Balaban J connectivity index is 1.87. The summed E-state index contributed by atoms with van der Waals surface area (Å²) in [6.07, 6.45) is 0. The standard InChI is InChI=1S/C20H16FNO3S/c1-25-20-10-5-14(13-26-18-8-6-16(21)7-9-18)11-19(20)15-3-2-4-17(12-15)22(23)24/h2-12H,13H2,1H3. The van der Waals surface area contributed by atoms with Gasteiger partial charge in [-0.1, -0.05) is 18.2 Å². The molecule has 0 N–H and O–H groups in total. The van der Waals surface area contributed by atoms with E-state index in [0.29, 0.717) is 11.5 Å². The highest BCUT2D eigenvalue weighted by atomic mass is 32.2. The van der Waals surface area contributed by atoms with Crippen LogP contribution in [0.2, 0.25) is 0 Å². The van der Waals surface area contributed by atoms with Crippen LogP contribution in [-0.4, -0.2) is 12.0 Å². The quantitative estimate of drug-likeness (QED) is 0.318. The van der Waals surface area contributed by atoms with E-state index in [0.717, 1.165) is 21.6 Å². The minimum atomic E-state index is -0.412. The zero-order valence-corrected chi connectivity index (χ0v) is 14.8. The highest BCUT2D eigenvalue weighted by molar-refractivity contribution is 7.98. The maximum absolute atomic E-state index is 13.0. The van der Waals surface area contributed by atoms with Crippen LogP contribution in [0.1, 0.15) is 5.56 Å². The number of halogens is 1. The number of rotatable bonds is 6. The molecule has 3 aromatic rings. The van der Waals surface area contributed by atoms with Crippen molar-refractivity contribution >= 4 is 17.4 Å². The van der Waals surface area contributed by atoms with Gasteiger partial charge in [-0.15, -0.1) is 11.8 Å². The van der Waals surface area contributed by atoms with Crippen molar-refractivity contribution < 1.29 is 14.1 Å². The van der Waals surface area contributed by atoms with Gasteiger partial charge in [0.15, 0.2) is 0 Å². The molecular weight excluding hydrogens is 353 g/mol. The Kier molecular flexibility index (Phi) is 5.53. The van der Waals surface area contributed by atoms with Gasteiger partial charge in [0, 0.05) is 28.3 Å². The molecule has 0 aliphatic heterocycles. The number of ether oxygens (including phenoxy) is 1. The van der Waals surface area contributed by atoms with Crippen LogP contribution >= 0.6 is 11.8 Å². The minimum Gasteiger partial charge on any atom is -0.496 e. The SMILES string of the molecule is COc1ccc(CSc2ccc(F)cc2)cc1-c1cccc([N+](=O)[O-])c1. The fourth-order valence-corrected chi connectivity index (χ4v) is 3.40. The summed E-state index contributed by atoms with van der Waals surface area (Å²) in [5.74, 6) is 1.09. The predicted octanol–water partition coefficient (Wildman–Crippen LogP) is 5.70. The Morgan fingerprint density at radius 1 is 1.08 bits per heavy atom.